The molecule has 3 aromatic rings. The summed E-state index contributed by atoms with van der Waals surface area (Å²) in [6, 6.07) is 15.3. The Balaban J connectivity index is 1.70. The van der Waals surface area contributed by atoms with Gasteiger partial charge in [-0.2, -0.15) is 0 Å². The van der Waals surface area contributed by atoms with Crippen LogP contribution in [0.4, 0.5) is 0 Å². The molecular weight excluding hydrogens is 304 g/mol. The number of furan rings is 1. The molecule has 3 rings (SSSR count). The lowest BCUT2D eigenvalue weighted by Crippen LogP contribution is -2.18. The third kappa shape index (κ3) is 3.94. The van der Waals surface area contributed by atoms with Crippen LogP contribution < -0.4 is 14.8 Å². The van der Waals surface area contributed by atoms with E-state index < -0.39 is 0 Å². The summed E-state index contributed by atoms with van der Waals surface area (Å²) in [5.74, 6) is 2.90. The molecular formula is C19H20N2O3. The molecule has 0 bridgehead atoms. The highest BCUT2D eigenvalue weighted by Gasteiger charge is 2.11. The van der Waals surface area contributed by atoms with Crippen LogP contribution in [0.15, 0.2) is 65.4 Å². The van der Waals surface area contributed by atoms with Gasteiger partial charge in [-0.25, -0.2) is 4.98 Å². The van der Waals surface area contributed by atoms with Gasteiger partial charge in [0, 0.05) is 24.4 Å². The Bertz CT molecular complexity index is 772. The van der Waals surface area contributed by atoms with Crippen LogP contribution in [0, 0.1) is 0 Å². The zero-order valence-corrected chi connectivity index (χ0v) is 13.7. The van der Waals surface area contributed by atoms with E-state index in [9.17, 15) is 0 Å². The van der Waals surface area contributed by atoms with Crippen LogP contribution >= 0.6 is 0 Å². The van der Waals surface area contributed by atoms with E-state index in [0.29, 0.717) is 18.2 Å². The van der Waals surface area contributed by atoms with Gasteiger partial charge in [-0.3, -0.25) is 0 Å². The number of nitrogens with zero attached hydrogens (tertiary/aromatic N) is 1. The molecule has 2 aromatic heterocycles. The molecule has 124 valence electrons. The maximum absolute atomic E-state index is 5.92. The van der Waals surface area contributed by atoms with E-state index >= 15 is 0 Å². The number of nitrogens with one attached hydrogen (secondary N) is 1. The van der Waals surface area contributed by atoms with E-state index in [0.717, 1.165) is 17.1 Å². The van der Waals surface area contributed by atoms with E-state index in [1.165, 1.54) is 0 Å². The van der Waals surface area contributed by atoms with Gasteiger partial charge in [0.25, 0.3) is 0 Å². The molecule has 0 radical (unpaired) electrons. The SMILES string of the molecule is COc1cccc(Oc2ncccc2CN[C@H](C)c2ccco2)c1. The van der Waals surface area contributed by atoms with Crippen molar-refractivity contribution in [1.29, 1.82) is 0 Å². The first kappa shape index (κ1) is 16.1. The van der Waals surface area contributed by atoms with Crippen LogP contribution in [0.2, 0.25) is 0 Å². The third-order valence-electron chi connectivity index (χ3n) is 3.67. The first-order valence-corrected chi connectivity index (χ1v) is 7.79. The molecule has 5 nitrogen and oxygen atoms in total. The van der Waals surface area contributed by atoms with Crippen molar-refractivity contribution in [3.05, 3.63) is 72.3 Å². The van der Waals surface area contributed by atoms with Gasteiger partial charge in [0.15, 0.2) is 0 Å². The molecule has 0 amide bonds. The van der Waals surface area contributed by atoms with Gasteiger partial charge in [-0.15, -0.1) is 0 Å². The van der Waals surface area contributed by atoms with Crippen LogP contribution in [-0.2, 0) is 6.54 Å². The fourth-order valence-electron chi connectivity index (χ4n) is 2.33. The maximum atomic E-state index is 5.92. The molecule has 24 heavy (non-hydrogen) atoms. The second-order valence-corrected chi connectivity index (χ2v) is 5.37. The molecule has 1 N–H and O–H groups in total. The highest BCUT2D eigenvalue weighted by Crippen LogP contribution is 2.26. The van der Waals surface area contributed by atoms with E-state index in [2.05, 4.69) is 17.2 Å². The van der Waals surface area contributed by atoms with Crippen molar-refractivity contribution >= 4 is 0 Å². The van der Waals surface area contributed by atoms with Crippen molar-refractivity contribution in [3.8, 4) is 17.4 Å². The Morgan fingerprint density at radius 2 is 2.00 bits per heavy atom. The van der Waals surface area contributed by atoms with Crippen molar-refractivity contribution in [2.45, 2.75) is 19.5 Å². The second kappa shape index (κ2) is 7.66. The second-order valence-electron chi connectivity index (χ2n) is 5.37. The highest BCUT2D eigenvalue weighted by atomic mass is 16.5. The van der Waals surface area contributed by atoms with Crippen molar-refractivity contribution in [3.63, 3.8) is 0 Å². The standard InChI is InChI=1S/C19H20N2O3/c1-14(18-9-5-11-23-18)21-13-15-6-4-10-20-19(15)24-17-8-3-7-16(12-17)22-2/h3-12,14,21H,13H2,1-2H3/t14-/m1/s1. The van der Waals surface area contributed by atoms with Gasteiger partial charge < -0.3 is 19.2 Å². The molecule has 1 aromatic carbocycles. The Labute approximate surface area is 141 Å². The van der Waals surface area contributed by atoms with Gasteiger partial charge in [-0.1, -0.05) is 12.1 Å². The molecule has 0 spiro atoms. The largest absolute Gasteiger partial charge is 0.497 e. The van der Waals surface area contributed by atoms with Gasteiger partial charge in [-0.05, 0) is 37.3 Å². The summed E-state index contributed by atoms with van der Waals surface area (Å²) in [5, 5.41) is 3.41. The number of aromatic nitrogens is 1. The minimum atomic E-state index is 0.102. The first-order valence-electron chi connectivity index (χ1n) is 7.79. The summed E-state index contributed by atoms with van der Waals surface area (Å²) in [5.41, 5.74) is 0.971. The quantitative estimate of drug-likeness (QED) is 0.701. The average molecular weight is 324 g/mol. The molecule has 5 heteroatoms. The fraction of sp³-hybridized carbons (Fsp3) is 0.211. The van der Waals surface area contributed by atoms with Crippen LogP contribution in [-0.4, -0.2) is 12.1 Å². The summed E-state index contributed by atoms with van der Waals surface area (Å²) in [6.45, 7) is 2.67. The summed E-state index contributed by atoms with van der Waals surface area (Å²) >= 11 is 0. The predicted molar refractivity (Wildman–Crippen MR) is 91.3 cm³/mol. The van der Waals surface area contributed by atoms with Gasteiger partial charge in [0.05, 0.1) is 19.4 Å². The Kier molecular flexibility index (Phi) is 5.13. The number of methoxy groups -OCH3 is 1. The zero-order valence-electron chi connectivity index (χ0n) is 13.7. The predicted octanol–water partition coefficient (Wildman–Crippen LogP) is 4.33. The monoisotopic (exact) mass is 324 g/mol. The average Bonchev–Trinajstić information content (AvgIpc) is 3.16. The molecule has 0 unspecified atom stereocenters. The Morgan fingerprint density at radius 1 is 1.12 bits per heavy atom. The van der Waals surface area contributed by atoms with Crippen LogP contribution in [0.5, 0.6) is 17.4 Å². The van der Waals surface area contributed by atoms with Crippen molar-refractivity contribution in [2.75, 3.05) is 7.11 Å². The molecule has 0 aliphatic heterocycles. The number of rotatable bonds is 7. The summed E-state index contributed by atoms with van der Waals surface area (Å²) in [4.78, 5) is 4.34. The molecule has 0 saturated heterocycles. The normalized spacial score (nSPS) is 11.9. The smallest absolute Gasteiger partial charge is 0.223 e. The van der Waals surface area contributed by atoms with E-state index in [4.69, 9.17) is 13.9 Å². The Morgan fingerprint density at radius 3 is 2.79 bits per heavy atom. The summed E-state index contributed by atoms with van der Waals surface area (Å²) in [7, 11) is 1.63. The fourth-order valence-corrected chi connectivity index (χ4v) is 2.33. The van der Waals surface area contributed by atoms with Crippen LogP contribution in [0.1, 0.15) is 24.3 Å². The third-order valence-corrected chi connectivity index (χ3v) is 3.67. The topological polar surface area (TPSA) is 56.5 Å². The number of hydrogen-bond acceptors (Lipinski definition) is 5. The van der Waals surface area contributed by atoms with Crippen LogP contribution in [0.3, 0.4) is 0 Å². The van der Waals surface area contributed by atoms with Crippen molar-refractivity contribution in [1.82, 2.24) is 10.3 Å². The summed E-state index contributed by atoms with van der Waals surface area (Å²) in [6.07, 6.45) is 3.39. The zero-order chi connectivity index (χ0) is 16.8. The highest BCUT2D eigenvalue weighted by molar-refractivity contribution is 5.37. The van der Waals surface area contributed by atoms with Gasteiger partial charge in [0.2, 0.25) is 5.88 Å². The minimum Gasteiger partial charge on any atom is -0.497 e. The van der Waals surface area contributed by atoms with Crippen LogP contribution in [0.25, 0.3) is 0 Å². The maximum Gasteiger partial charge on any atom is 0.223 e. The lowest BCUT2D eigenvalue weighted by molar-refractivity contribution is 0.404. The number of ether oxygens (including phenoxy) is 2. The molecule has 2 heterocycles. The van der Waals surface area contributed by atoms with Gasteiger partial charge in [0.1, 0.15) is 17.3 Å². The van der Waals surface area contributed by atoms with Crippen molar-refractivity contribution in [2.24, 2.45) is 0 Å². The van der Waals surface area contributed by atoms with E-state index in [-0.39, 0.29) is 6.04 Å². The molecule has 0 fully saturated rings. The van der Waals surface area contributed by atoms with Crippen molar-refractivity contribution < 1.29 is 13.9 Å². The molecule has 0 aliphatic rings. The number of benzene rings is 1. The van der Waals surface area contributed by atoms with E-state index in [1.54, 1.807) is 19.6 Å². The lowest BCUT2D eigenvalue weighted by Gasteiger charge is -2.14. The number of hydrogen-bond donors (Lipinski definition) is 1. The minimum absolute atomic E-state index is 0.102. The molecule has 0 saturated carbocycles. The number of pyridine rings is 1. The molecule has 0 aliphatic carbocycles. The lowest BCUT2D eigenvalue weighted by atomic mass is 10.2. The molecule has 1 atom stereocenters. The Hall–Kier alpha value is -2.79. The first-order chi connectivity index (χ1) is 11.8. The summed E-state index contributed by atoms with van der Waals surface area (Å²) < 4.78 is 16.6. The van der Waals surface area contributed by atoms with Gasteiger partial charge >= 0.3 is 0 Å². The van der Waals surface area contributed by atoms with E-state index in [1.807, 2.05) is 48.5 Å².